The van der Waals surface area contributed by atoms with Gasteiger partial charge in [-0.2, -0.15) is 0 Å². The topological polar surface area (TPSA) is 81.2 Å². The third kappa shape index (κ3) is 4.16. The largest absolute Gasteiger partial charge is 0.449 e. The van der Waals surface area contributed by atoms with E-state index in [9.17, 15) is 4.79 Å². The number of oxazole rings is 1. The number of aromatic nitrogens is 1. The lowest BCUT2D eigenvalue weighted by atomic mass is 10.1. The minimum absolute atomic E-state index is 0.145. The molecule has 1 amide bonds. The fraction of sp³-hybridized carbons (Fsp3) is 0.375. The van der Waals surface area contributed by atoms with Crippen LogP contribution in [0.2, 0.25) is 0 Å². The van der Waals surface area contributed by atoms with Crippen molar-refractivity contribution in [1.29, 1.82) is 0 Å². The van der Waals surface area contributed by atoms with Gasteiger partial charge in [-0.3, -0.25) is 4.79 Å². The van der Waals surface area contributed by atoms with Crippen molar-refractivity contribution in [2.45, 2.75) is 39.2 Å². The summed E-state index contributed by atoms with van der Waals surface area (Å²) >= 11 is 0. The van der Waals surface area contributed by atoms with Crippen molar-refractivity contribution in [3.05, 3.63) is 36.4 Å². The van der Waals surface area contributed by atoms with Gasteiger partial charge in [0.1, 0.15) is 12.0 Å². The fourth-order valence-electron chi connectivity index (χ4n) is 2.01. The van der Waals surface area contributed by atoms with Gasteiger partial charge in [-0.1, -0.05) is 31.9 Å². The number of aryl methyl sites for hydroxylation is 1. The van der Waals surface area contributed by atoms with Crippen molar-refractivity contribution in [3.63, 3.8) is 0 Å². The molecule has 5 heteroatoms. The first-order chi connectivity index (χ1) is 10.1. The monoisotopic (exact) mass is 287 g/mol. The Morgan fingerprint density at radius 1 is 1.38 bits per heavy atom. The molecule has 5 nitrogen and oxygen atoms in total. The smallest absolute Gasteiger partial charge is 0.241 e. The number of carbonyl (C=O) groups excluding carboxylic acids is 1. The molecule has 2 rings (SSSR count). The summed E-state index contributed by atoms with van der Waals surface area (Å²) < 4.78 is 5.19. The van der Waals surface area contributed by atoms with Gasteiger partial charge in [-0.25, -0.2) is 4.98 Å². The fourth-order valence-corrected chi connectivity index (χ4v) is 2.01. The molecule has 2 aromatic rings. The normalized spacial score (nSPS) is 12.1. The van der Waals surface area contributed by atoms with Gasteiger partial charge in [0.05, 0.1) is 6.04 Å². The molecule has 0 fully saturated rings. The maximum atomic E-state index is 11.9. The minimum Gasteiger partial charge on any atom is -0.449 e. The molecule has 0 spiro atoms. The Labute approximate surface area is 124 Å². The van der Waals surface area contributed by atoms with Gasteiger partial charge in [0.15, 0.2) is 5.89 Å². The third-order valence-electron chi connectivity index (χ3n) is 3.27. The van der Waals surface area contributed by atoms with Crippen molar-refractivity contribution in [1.82, 2.24) is 4.98 Å². The number of unbranched alkanes of at least 4 members (excludes halogenated alkanes) is 1. The van der Waals surface area contributed by atoms with Crippen LogP contribution in [0.4, 0.5) is 5.69 Å². The van der Waals surface area contributed by atoms with Crippen LogP contribution in [-0.4, -0.2) is 16.9 Å². The quantitative estimate of drug-likeness (QED) is 0.855. The maximum Gasteiger partial charge on any atom is 0.241 e. The van der Waals surface area contributed by atoms with Gasteiger partial charge in [0.25, 0.3) is 0 Å². The number of carbonyl (C=O) groups is 1. The second kappa shape index (κ2) is 7.04. The molecule has 21 heavy (non-hydrogen) atoms. The first kappa shape index (κ1) is 15.3. The lowest BCUT2D eigenvalue weighted by molar-refractivity contribution is -0.117. The Balaban J connectivity index is 1.97. The molecule has 1 aromatic carbocycles. The molecule has 0 aliphatic heterocycles. The van der Waals surface area contributed by atoms with Gasteiger partial charge < -0.3 is 15.5 Å². The highest BCUT2D eigenvalue weighted by atomic mass is 16.3. The minimum atomic E-state index is -0.456. The zero-order chi connectivity index (χ0) is 15.2. The molecule has 3 N–H and O–H groups in total. The van der Waals surface area contributed by atoms with Crippen LogP contribution >= 0.6 is 0 Å². The van der Waals surface area contributed by atoms with E-state index >= 15 is 0 Å². The Morgan fingerprint density at radius 2 is 2.10 bits per heavy atom. The molecule has 1 heterocycles. The summed E-state index contributed by atoms with van der Waals surface area (Å²) in [6, 6.07) is 7.01. The lowest BCUT2D eigenvalue weighted by Gasteiger charge is -2.11. The number of hydrogen-bond donors (Lipinski definition) is 2. The Morgan fingerprint density at radius 3 is 2.67 bits per heavy atom. The number of nitrogens with zero attached hydrogens (tertiary/aromatic N) is 1. The first-order valence-corrected chi connectivity index (χ1v) is 7.19. The standard InChI is InChI=1S/C16H21N3O2/c1-3-4-5-14(17)16(20)19-13-8-6-12(7-9-13)15-10-21-11(2)18-15/h6-10,14H,3-5,17H2,1-2H3,(H,19,20). The predicted molar refractivity (Wildman–Crippen MR) is 82.8 cm³/mol. The Bertz CT molecular complexity index is 590. The summed E-state index contributed by atoms with van der Waals surface area (Å²) in [5.41, 5.74) is 8.30. The van der Waals surface area contributed by atoms with E-state index in [1.165, 1.54) is 0 Å². The molecule has 0 radical (unpaired) electrons. The summed E-state index contributed by atoms with van der Waals surface area (Å²) in [5, 5.41) is 2.83. The summed E-state index contributed by atoms with van der Waals surface area (Å²) in [6.07, 6.45) is 4.31. The van der Waals surface area contributed by atoms with Crippen LogP contribution in [-0.2, 0) is 4.79 Å². The molecule has 1 aromatic heterocycles. The number of amides is 1. The van der Waals surface area contributed by atoms with E-state index in [4.69, 9.17) is 10.2 Å². The second-order valence-electron chi connectivity index (χ2n) is 5.07. The van der Waals surface area contributed by atoms with Crippen LogP contribution in [0.15, 0.2) is 34.9 Å². The number of nitrogens with two attached hydrogens (primary N) is 1. The third-order valence-corrected chi connectivity index (χ3v) is 3.27. The second-order valence-corrected chi connectivity index (χ2v) is 5.07. The Kier molecular flexibility index (Phi) is 5.11. The average molecular weight is 287 g/mol. The van der Waals surface area contributed by atoms with E-state index in [0.29, 0.717) is 12.3 Å². The van der Waals surface area contributed by atoms with Crippen molar-refractivity contribution >= 4 is 11.6 Å². The molecular weight excluding hydrogens is 266 g/mol. The van der Waals surface area contributed by atoms with Gasteiger partial charge >= 0.3 is 0 Å². The van der Waals surface area contributed by atoms with Gasteiger partial charge in [-0.15, -0.1) is 0 Å². The predicted octanol–water partition coefficient (Wildman–Crippen LogP) is 3.11. The van der Waals surface area contributed by atoms with Gasteiger partial charge in [-0.05, 0) is 18.6 Å². The number of anilines is 1. The highest BCUT2D eigenvalue weighted by Gasteiger charge is 2.13. The van der Waals surface area contributed by atoms with Crippen molar-refractivity contribution in [2.24, 2.45) is 5.73 Å². The number of hydrogen-bond acceptors (Lipinski definition) is 4. The maximum absolute atomic E-state index is 11.9. The van der Waals surface area contributed by atoms with Crippen LogP contribution in [0, 0.1) is 6.92 Å². The molecule has 0 aliphatic rings. The van der Waals surface area contributed by atoms with E-state index in [1.54, 1.807) is 13.2 Å². The number of benzene rings is 1. The summed E-state index contributed by atoms with van der Waals surface area (Å²) in [5.74, 6) is 0.484. The van der Waals surface area contributed by atoms with Gasteiger partial charge in [0, 0.05) is 18.2 Å². The van der Waals surface area contributed by atoms with Crippen LogP contribution < -0.4 is 11.1 Å². The highest BCUT2D eigenvalue weighted by molar-refractivity contribution is 5.94. The van der Waals surface area contributed by atoms with E-state index in [-0.39, 0.29) is 5.91 Å². The van der Waals surface area contributed by atoms with Crippen molar-refractivity contribution < 1.29 is 9.21 Å². The van der Waals surface area contributed by atoms with Crippen molar-refractivity contribution in [3.8, 4) is 11.3 Å². The highest BCUT2D eigenvalue weighted by Crippen LogP contribution is 2.20. The molecule has 0 bridgehead atoms. The SMILES string of the molecule is CCCCC(N)C(=O)Nc1ccc(-c2coc(C)n2)cc1. The Hall–Kier alpha value is -2.14. The van der Waals surface area contributed by atoms with E-state index in [2.05, 4.69) is 17.2 Å². The molecule has 0 aliphatic carbocycles. The molecule has 112 valence electrons. The summed E-state index contributed by atoms with van der Waals surface area (Å²) in [6.45, 7) is 3.88. The first-order valence-electron chi connectivity index (χ1n) is 7.19. The van der Waals surface area contributed by atoms with Gasteiger partial charge in [0.2, 0.25) is 5.91 Å². The zero-order valence-corrected chi connectivity index (χ0v) is 12.4. The van der Waals surface area contributed by atoms with E-state index < -0.39 is 6.04 Å². The number of rotatable bonds is 6. The van der Waals surface area contributed by atoms with Crippen LogP contribution in [0.3, 0.4) is 0 Å². The number of nitrogens with one attached hydrogen (secondary N) is 1. The summed E-state index contributed by atoms with van der Waals surface area (Å²) in [4.78, 5) is 16.2. The van der Waals surface area contributed by atoms with E-state index in [0.717, 1.165) is 29.8 Å². The molecule has 0 saturated heterocycles. The molecular formula is C16H21N3O2. The van der Waals surface area contributed by atoms with Crippen LogP contribution in [0.5, 0.6) is 0 Å². The average Bonchev–Trinajstić information content (AvgIpc) is 2.92. The lowest BCUT2D eigenvalue weighted by Crippen LogP contribution is -2.35. The van der Waals surface area contributed by atoms with Crippen molar-refractivity contribution in [2.75, 3.05) is 5.32 Å². The molecule has 1 unspecified atom stereocenters. The molecule has 0 saturated carbocycles. The van der Waals surface area contributed by atoms with Crippen LogP contribution in [0.25, 0.3) is 11.3 Å². The van der Waals surface area contributed by atoms with Crippen LogP contribution in [0.1, 0.15) is 32.1 Å². The van der Waals surface area contributed by atoms with E-state index in [1.807, 2.05) is 24.3 Å². The summed E-state index contributed by atoms with van der Waals surface area (Å²) in [7, 11) is 0. The molecule has 1 atom stereocenters. The zero-order valence-electron chi connectivity index (χ0n) is 12.4.